The molecule has 6 nitrogen and oxygen atoms in total. The van der Waals surface area contributed by atoms with E-state index >= 15 is 0 Å². The number of ketones is 1. The minimum atomic E-state index is -4.70. The first-order valence-corrected chi connectivity index (χ1v) is 14.9. The molecule has 4 aromatic rings. The third kappa shape index (κ3) is 4.75. The summed E-state index contributed by atoms with van der Waals surface area (Å²) >= 11 is 0. The maximum Gasteiger partial charge on any atom is 0.416 e. The van der Waals surface area contributed by atoms with E-state index in [0.29, 0.717) is 28.6 Å². The summed E-state index contributed by atoms with van der Waals surface area (Å²) in [6.45, 7) is 1.82. The molecule has 1 saturated carbocycles. The zero-order valence-electron chi connectivity index (χ0n) is 22.4. The molecule has 2 aromatic heterocycles. The van der Waals surface area contributed by atoms with Crippen LogP contribution in [0.25, 0.3) is 11.8 Å². The van der Waals surface area contributed by atoms with E-state index in [-0.39, 0.29) is 37.2 Å². The van der Waals surface area contributed by atoms with Crippen LogP contribution < -0.4 is 0 Å². The van der Waals surface area contributed by atoms with Gasteiger partial charge in [-0.3, -0.25) is 9.78 Å². The highest BCUT2D eigenvalue weighted by Crippen LogP contribution is 2.52. The molecule has 0 radical (unpaired) electrons. The van der Waals surface area contributed by atoms with Gasteiger partial charge in [0.15, 0.2) is 15.6 Å². The van der Waals surface area contributed by atoms with Gasteiger partial charge in [0.1, 0.15) is 11.5 Å². The second-order valence-corrected chi connectivity index (χ2v) is 13.1. The summed E-state index contributed by atoms with van der Waals surface area (Å²) < 4.78 is 83.0. The lowest BCUT2D eigenvalue weighted by Gasteiger charge is -2.43. The van der Waals surface area contributed by atoms with E-state index in [1.165, 1.54) is 18.3 Å². The number of aryl methyl sites for hydroxylation is 1. The second-order valence-electron chi connectivity index (χ2n) is 10.9. The molecule has 0 aliphatic heterocycles. The number of halogens is 4. The molecule has 0 amide bonds. The Balaban J connectivity index is 1.45. The lowest BCUT2D eigenvalue weighted by atomic mass is 9.61. The molecule has 6 rings (SSSR count). The smallest absolute Gasteiger partial charge is 0.291 e. The number of hydrogen-bond donors (Lipinski definition) is 0. The Morgan fingerprint density at radius 2 is 1.83 bits per heavy atom. The molecule has 0 unspecified atom stereocenters. The predicted octanol–water partition coefficient (Wildman–Crippen LogP) is 6.57. The number of allylic oxidation sites excluding steroid dienone is 1. The topological polar surface area (TPSA) is 81.9 Å². The van der Waals surface area contributed by atoms with Gasteiger partial charge in [0.25, 0.3) is 0 Å². The first-order chi connectivity index (χ1) is 19.9. The van der Waals surface area contributed by atoms with E-state index in [2.05, 4.69) is 10.1 Å². The van der Waals surface area contributed by atoms with Crippen molar-refractivity contribution in [3.8, 4) is 5.69 Å². The number of hydrogen-bond acceptors (Lipinski definition) is 5. The molecule has 0 N–H and O–H groups in total. The summed E-state index contributed by atoms with van der Waals surface area (Å²) in [5, 5.41) is 3.38. The van der Waals surface area contributed by atoms with Crippen molar-refractivity contribution in [2.45, 2.75) is 48.9 Å². The highest BCUT2D eigenvalue weighted by atomic mass is 32.2. The molecule has 216 valence electrons. The summed E-state index contributed by atoms with van der Waals surface area (Å²) in [5.41, 5.74) is 1.38. The minimum absolute atomic E-state index is 0.118. The summed E-state index contributed by atoms with van der Waals surface area (Å²) in [4.78, 5) is 18.2. The molecule has 42 heavy (non-hydrogen) atoms. The number of sulfone groups is 1. The van der Waals surface area contributed by atoms with Gasteiger partial charge in [-0.2, -0.15) is 18.3 Å². The fourth-order valence-corrected chi connectivity index (χ4v) is 7.94. The lowest BCUT2D eigenvalue weighted by Crippen LogP contribution is -2.46. The number of fused-ring (bicyclic) bond motifs is 2. The number of aromatic nitrogens is 3. The summed E-state index contributed by atoms with van der Waals surface area (Å²) in [6, 6.07) is 12.9. The maximum absolute atomic E-state index is 14.3. The number of alkyl halides is 3. The molecule has 0 spiro atoms. The van der Waals surface area contributed by atoms with Crippen molar-refractivity contribution in [1.29, 1.82) is 0 Å². The average molecular weight is 596 g/mol. The normalized spacial score (nSPS) is 20.4. The summed E-state index contributed by atoms with van der Waals surface area (Å²) in [7, 11) is -4.23. The van der Waals surface area contributed by atoms with Crippen molar-refractivity contribution in [3.63, 3.8) is 0 Å². The fourth-order valence-electron chi connectivity index (χ4n) is 6.06. The number of nitrogens with zero attached hydrogens (tertiary/aromatic N) is 3. The molecule has 2 heterocycles. The van der Waals surface area contributed by atoms with Crippen LogP contribution >= 0.6 is 0 Å². The van der Waals surface area contributed by atoms with Gasteiger partial charge in [-0.15, -0.1) is 0 Å². The number of benzene rings is 2. The number of Topliss-reactive ketones (excluding diaryl/α,β-unsaturated/α-hetero) is 1. The minimum Gasteiger partial charge on any atom is -0.291 e. The van der Waals surface area contributed by atoms with Crippen LogP contribution in [-0.2, 0) is 22.4 Å². The van der Waals surface area contributed by atoms with Crippen molar-refractivity contribution in [3.05, 3.63) is 113 Å². The second kappa shape index (κ2) is 10.0. The standard InChI is InChI=1S/C31H25F4N3O3S/c1-19-11-12-36-27(13-19)29(39)30-16-20-18-37-38(24-8-6-23(32)7-9-24)28(20)15-21(30)5-10-26(17-30)42(40,41)25-4-2-3-22(14-25)31(33,34)35/h2-4,6-9,11-15,18,26H,5,10,16-17H2,1H3/t26-,30+/m1/s1. The van der Waals surface area contributed by atoms with Crippen LogP contribution in [-0.4, -0.2) is 34.2 Å². The first kappa shape index (κ1) is 28.0. The molecule has 11 heteroatoms. The fraction of sp³-hybridized carbons (Fsp3) is 0.258. The monoisotopic (exact) mass is 595 g/mol. The summed E-state index contributed by atoms with van der Waals surface area (Å²) in [6.07, 6.45) is 0.641. The van der Waals surface area contributed by atoms with E-state index < -0.39 is 43.0 Å². The van der Waals surface area contributed by atoms with Gasteiger partial charge in [0.05, 0.1) is 38.7 Å². The van der Waals surface area contributed by atoms with Crippen molar-refractivity contribution in [2.75, 3.05) is 0 Å². The van der Waals surface area contributed by atoms with E-state index in [1.807, 2.05) is 13.0 Å². The molecular weight excluding hydrogens is 570 g/mol. The molecule has 2 aromatic carbocycles. The number of rotatable bonds is 5. The van der Waals surface area contributed by atoms with Crippen LogP contribution in [0.5, 0.6) is 0 Å². The van der Waals surface area contributed by atoms with E-state index in [9.17, 15) is 30.8 Å². The van der Waals surface area contributed by atoms with Crippen molar-refractivity contribution >= 4 is 21.7 Å². The quantitative estimate of drug-likeness (QED) is 0.193. The maximum atomic E-state index is 14.3. The van der Waals surface area contributed by atoms with Crippen LogP contribution in [0.2, 0.25) is 0 Å². The van der Waals surface area contributed by atoms with Gasteiger partial charge >= 0.3 is 6.18 Å². The Morgan fingerprint density at radius 3 is 2.55 bits per heavy atom. The third-order valence-electron chi connectivity index (χ3n) is 8.20. The Hall–Kier alpha value is -4.12. The van der Waals surface area contributed by atoms with E-state index in [4.69, 9.17) is 0 Å². The van der Waals surface area contributed by atoms with Crippen LogP contribution in [0.15, 0.2) is 83.5 Å². The Bertz CT molecular complexity index is 1850. The number of carbonyl (C=O) groups is 1. The molecule has 0 saturated heterocycles. The van der Waals surface area contributed by atoms with Gasteiger partial charge in [0.2, 0.25) is 0 Å². The SMILES string of the molecule is Cc1ccnc(C(=O)[C@]23Cc4cnn(-c5ccc(F)cc5)c4C=C2CC[C@@H](S(=O)(=O)c2cccc(C(F)(F)F)c2)C3)c1. The van der Waals surface area contributed by atoms with Crippen molar-refractivity contribution in [2.24, 2.45) is 5.41 Å². The van der Waals surface area contributed by atoms with Gasteiger partial charge in [-0.25, -0.2) is 17.5 Å². The largest absolute Gasteiger partial charge is 0.416 e. The Morgan fingerprint density at radius 1 is 1.07 bits per heavy atom. The highest BCUT2D eigenvalue weighted by Gasteiger charge is 2.52. The van der Waals surface area contributed by atoms with Gasteiger partial charge in [-0.1, -0.05) is 11.6 Å². The zero-order valence-corrected chi connectivity index (χ0v) is 23.2. The molecule has 2 aliphatic carbocycles. The van der Waals surface area contributed by atoms with Crippen LogP contribution in [0, 0.1) is 18.2 Å². The van der Waals surface area contributed by atoms with Crippen LogP contribution in [0.1, 0.15) is 52.1 Å². The molecule has 2 aliphatic rings. The molecular formula is C31H25F4N3O3S. The zero-order chi connectivity index (χ0) is 29.9. The van der Waals surface area contributed by atoms with Gasteiger partial charge in [0, 0.05) is 6.20 Å². The molecule has 2 atom stereocenters. The Kier molecular flexibility index (Phi) is 6.68. The predicted molar refractivity (Wildman–Crippen MR) is 147 cm³/mol. The van der Waals surface area contributed by atoms with Gasteiger partial charge in [-0.05, 0) is 104 Å². The number of carbonyl (C=O) groups excluding carboxylic acids is 1. The average Bonchev–Trinajstić information content (AvgIpc) is 3.37. The highest BCUT2D eigenvalue weighted by molar-refractivity contribution is 7.92. The van der Waals surface area contributed by atoms with Crippen molar-refractivity contribution < 1.29 is 30.8 Å². The van der Waals surface area contributed by atoms with Crippen LogP contribution in [0.4, 0.5) is 17.6 Å². The van der Waals surface area contributed by atoms with E-state index in [0.717, 1.165) is 23.8 Å². The van der Waals surface area contributed by atoms with Crippen LogP contribution in [0.3, 0.4) is 0 Å². The van der Waals surface area contributed by atoms with Crippen molar-refractivity contribution in [1.82, 2.24) is 14.8 Å². The molecule has 1 fully saturated rings. The third-order valence-corrected chi connectivity index (χ3v) is 10.4. The number of pyridine rings is 1. The van der Waals surface area contributed by atoms with E-state index in [1.54, 1.807) is 35.1 Å². The Labute approximate surface area is 239 Å². The summed E-state index contributed by atoms with van der Waals surface area (Å²) in [5.74, 6) is -0.740. The molecule has 0 bridgehead atoms. The first-order valence-electron chi connectivity index (χ1n) is 13.3. The lowest BCUT2D eigenvalue weighted by molar-refractivity contribution is -0.137. The van der Waals surface area contributed by atoms with Gasteiger partial charge < -0.3 is 0 Å².